The van der Waals surface area contributed by atoms with Gasteiger partial charge in [0.2, 0.25) is 0 Å². The van der Waals surface area contributed by atoms with Gasteiger partial charge >= 0.3 is 6.18 Å². The standard InChI is InChI=1S/C27H23F4N7/c1-15-5-7-19-17(9-11-37-26(19,32)20-12-16(27(29,30)31)6-8-21(20)28)24(15)38-25-18(4-3-10-34-25)22-13-23(33-2)36-14-35-22/h3-14,37H,32H2,1-2H3,(H,34,38)(H,33,35,36). The second-order valence-corrected chi connectivity index (χ2v) is 8.76. The average molecular weight is 522 g/mol. The monoisotopic (exact) mass is 521 g/mol. The van der Waals surface area contributed by atoms with Crippen LogP contribution in [0.3, 0.4) is 0 Å². The van der Waals surface area contributed by atoms with Gasteiger partial charge in [-0.3, -0.25) is 0 Å². The van der Waals surface area contributed by atoms with E-state index in [9.17, 15) is 17.6 Å². The van der Waals surface area contributed by atoms with E-state index in [-0.39, 0.29) is 5.56 Å². The summed E-state index contributed by atoms with van der Waals surface area (Å²) in [6, 6.07) is 11.1. The molecule has 1 unspecified atom stereocenters. The Balaban J connectivity index is 1.63. The maximum Gasteiger partial charge on any atom is 0.416 e. The van der Waals surface area contributed by atoms with E-state index in [1.54, 1.807) is 43.6 Å². The van der Waals surface area contributed by atoms with Crippen LogP contribution < -0.4 is 21.7 Å². The number of halogens is 4. The first-order valence-corrected chi connectivity index (χ1v) is 11.6. The van der Waals surface area contributed by atoms with Crippen molar-refractivity contribution < 1.29 is 17.6 Å². The minimum absolute atomic E-state index is 0.327. The zero-order chi connectivity index (χ0) is 27.1. The SMILES string of the molecule is CNc1cc(-c2cccnc2Nc2c(C)ccc3c2C=CNC3(N)c2cc(C(F)(F)F)ccc2F)ncn1. The van der Waals surface area contributed by atoms with Gasteiger partial charge in [0.15, 0.2) is 0 Å². The molecule has 0 saturated carbocycles. The maximum atomic E-state index is 15.0. The van der Waals surface area contributed by atoms with Gasteiger partial charge in [0.1, 0.15) is 29.4 Å². The van der Waals surface area contributed by atoms with Crippen LogP contribution in [0.2, 0.25) is 0 Å². The Morgan fingerprint density at radius 1 is 1.00 bits per heavy atom. The molecule has 194 valence electrons. The van der Waals surface area contributed by atoms with Crippen molar-refractivity contribution in [2.24, 2.45) is 5.73 Å². The summed E-state index contributed by atoms with van der Waals surface area (Å²) < 4.78 is 55.3. The molecule has 5 rings (SSSR count). The average Bonchev–Trinajstić information content (AvgIpc) is 2.90. The van der Waals surface area contributed by atoms with Gasteiger partial charge in [-0.1, -0.05) is 12.1 Å². The smallest absolute Gasteiger partial charge is 0.373 e. The summed E-state index contributed by atoms with van der Waals surface area (Å²) in [6.45, 7) is 1.87. The van der Waals surface area contributed by atoms with Crippen LogP contribution in [0, 0.1) is 12.7 Å². The Kier molecular flexibility index (Phi) is 6.23. The molecule has 38 heavy (non-hydrogen) atoms. The van der Waals surface area contributed by atoms with Crippen molar-refractivity contribution >= 4 is 23.4 Å². The van der Waals surface area contributed by atoms with Crippen molar-refractivity contribution in [2.75, 3.05) is 17.7 Å². The molecule has 0 aliphatic carbocycles. The highest BCUT2D eigenvalue weighted by Crippen LogP contribution is 2.41. The molecule has 7 nitrogen and oxygen atoms in total. The van der Waals surface area contributed by atoms with Crippen molar-refractivity contribution in [3.8, 4) is 11.3 Å². The van der Waals surface area contributed by atoms with E-state index < -0.39 is 23.2 Å². The Morgan fingerprint density at radius 3 is 2.58 bits per heavy atom. The molecule has 0 spiro atoms. The molecule has 3 heterocycles. The van der Waals surface area contributed by atoms with Gasteiger partial charge in [-0.2, -0.15) is 13.2 Å². The largest absolute Gasteiger partial charge is 0.416 e. The van der Waals surface area contributed by atoms with E-state index in [4.69, 9.17) is 5.73 Å². The van der Waals surface area contributed by atoms with E-state index in [1.807, 2.05) is 13.0 Å². The van der Waals surface area contributed by atoms with Crippen molar-refractivity contribution in [3.05, 3.63) is 101 Å². The Hall–Kier alpha value is -4.51. The predicted octanol–water partition coefficient (Wildman–Crippen LogP) is 5.52. The van der Waals surface area contributed by atoms with Gasteiger partial charge in [0.05, 0.1) is 16.9 Å². The molecule has 0 bridgehead atoms. The molecule has 5 N–H and O–H groups in total. The van der Waals surface area contributed by atoms with Gasteiger partial charge in [-0.25, -0.2) is 19.3 Å². The molecule has 2 aromatic carbocycles. The van der Waals surface area contributed by atoms with Gasteiger partial charge in [0.25, 0.3) is 0 Å². The van der Waals surface area contributed by atoms with Crippen molar-refractivity contribution in [2.45, 2.75) is 18.8 Å². The molecule has 2 aromatic heterocycles. The topological polar surface area (TPSA) is 101 Å². The Morgan fingerprint density at radius 2 is 1.82 bits per heavy atom. The highest BCUT2D eigenvalue weighted by atomic mass is 19.4. The van der Waals surface area contributed by atoms with Gasteiger partial charge in [-0.15, -0.1) is 0 Å². The number of nitrogens with two attached hydrogens (primary N) is 1. The van der Waals surface area contributed by atoms with E-state index in [2.05, 4.69) is 30.9 Å². The van der Waals surface area contributed by atoms with Crippen molar-refractivity contribution in [1.82, 2.24) is 20.3 Å². The number of hydrogen-bond acceptors (Lipinski definition) is 7. The molecule has 1 aliphatic rings. The molecular formula is C27H23F4N7. The fourth-order valence-electron chi connectivity index (χ4n) is 4.44. The zero-order valence-electron chi connectivity index (χ0n) is 20.4. The Labute approximate surface area is 215 Å². The van der Waals surface area contributed by atoms with Crippen LogP contribution in [-0.4, -0.2) is 22.0 Å². The van der Waals surface area contributed by atoms with Crippen molar-refractivity contribution in [1.29, 1.82) is 0 Å². The quantitative estimate of drug-likeness (QED) is 0.257. The lowest BCUT2D eigenvalue weighted by Gasteiger charge is -2.36. The second-order valence-electron chi connectivity index (χ2n) is 8.76. The number of aromatic nitrogens is 3. The van der Waals surface area contributed by atoms with Crippen LogP contribution in [-0.2, 0) is 11.8 Å². The van der Waals surface area contributed by atoms with Crippen LogP contribution >= 0.6 is 0 Å². The predicted molar refractivity (Wildman–Crippen MR) is 138 cm³/mol. The molecule has 11 heteroatoms. The van der Waals surface area contributed by atoms with E-state index >= 15 is 0 Å². The summed E-state index contributed by atoms with van der Waals surface area (Å²) in [6.07, 6.45) is 1.63. The number of benzene rings is 2. The van der Waals surface area contributed by atoms with Crippen molar-refractivity contribution in [3.63, 3.8) is 0 Å². The molecule has 0 saturated heterocycles. The molecule has 0 radical (unpaired) electrons. The first-order chi connectivity index (χ1) is 18.1. The maximum absolute atomic E-state index is 15.0. The third kappa shape index (κ3) is 4.41. The van der Waals surface area contributed by atoms with E-state index in [1.165, 1.54) is 12.5 Å². The van der Waals surface area contributed by atoms with Crippen LogP contribution in [0.25, 0.3) is 17.3 Å². The summed E-state index contributed by atoms with van der Waals surface area (Å²) in [5.74, 6) is 0.258. The number of anilines is 3. The lowest BCUT2D eigenvalue weighted by Crippen LogP contribution is -2.51. The highest BCUT2D eigenvalue weighted by molar-refractivity contribution is 5.83. The van der Waals surface area contributed by atoms with Gasteiger partial charge < -0.3 is 21.7 Å². The minimum Gasteiger partial charge on any atom is -0.373 e. The van der Waals surface area contributed by atoms with Gasteiger partial charge in [-0.05, 0) is 55.1 Å². The highest BCUT2D eigenvalue weighted by Gasteiger charge is 2.39. The van der Waals surface area contributed by atoms with Crippen LogP contribution in [0.1, 0.15) is 27.8 Å². The number of rotatable bonds is 5. The summed E-state index contributed by atoms with van der Waals surface area (Å²) in [5, 5.41) is 9.19. The number of hydrogen-bond donors (Lipinski definition) is 4. The zero-order valence-corrected chi connectivity index (χ0v) is 20.4. The number of nitrogens with zero attached hydrogens (tertiary/aromatic N) is 3. The summed E-state index contributed by atoms with van der Waals surface area (Å²) in [5.41, 5.74) is 7.28. The lowest BCUT2D eigenvalue weighted by atomic mass is 9.84. The molecule has 1 atom stereocenters. The van der Waals surface area contributed by atoms with Crippen LogP contribution in [0.4, 0.5) is 34.9 Å². The van der Waals surface area contributed by atoms with Gasteiger partial charge in [0, 0.05) is 41.6 Å². The molecule has 0 fully saturated rings. The number of pyridine rings is 1. The first kappa shape index (κ1) is 25.2. The minimum atomic E-state index is -4.66. The third-order valence-electron chi connectivity index (χ3n) is 6.41. The number of aryl methyl sites for hydroxylation is 1. The first-order valence-electron chi connectivity index (χ1n) is 11.6. The molecule has 4 aromatic rings. The molecule has 0 amide bonds. The van der Waals surface area contributed by atoms with Crippen LogP contribution in [0.5, 0.6) is 0 Å². The number of fused-ring (bicyclic) bond motifs is 1. The van der Waals surface area contributed by atoms with E-state index in [0.29, 0.717) is 45.8 Å². The molecule has 1 aliphatic heterocycles. The number of alkyl halides is 3. The third-order valence-corrected chi connectivity index (χ3v) is 6.41. The lowest BCUT2D eigenvalue weighted by molar-refractivity contribution is -0.137. The Bertz CT molecular complexity index is 1550. The summed E-state index contributed by atoms with van der Waals surface area (Å²) in [4.78, 5) is 13.0. The van der Waals surface area contributed by atoms with Crippen LogP contribution in [0.15, 0.2) is 67.3 Å². The summed E-state index contributed by atoms with van der Waals surface area (Å²) >= 11 is 0. The number of nitrogens with one attached hydrogen (secondary N) is 3. The normalized spacial score (nSPS) is 16.5. The molecular weight excluding hydrogens is 498 g/mol. The fraction of sp³-hybridized carbons (Fsp3) is 0.148. The van der Waals surface area contributed by atoms with E-state index in [0.717, 1.165) is 17.7 Å². The second kappa shape index (κ2) is 9.42. The summed E-state index contributed by atoms with van der Waals surface area (Å²) in [7, 11) is 1.75. The fourth-order valence-corrected chi connectivity index (χ4v) is 4.44.